The number of rotatable bonds is 8. The highest BCUT2D eigenvalue weighted by atomic mass is 19.3. The molecule has 0 aromatic heterocycles. The van der Waals surface area contributed by atoms with Gasteiger partial charge in [0.1, 0.15) is 11.6 Å². The van der Waals surface area contributed by atoms with Gasteiger partial charge in [0, 0.05) is 17.2 Å². The second kappa shape index (κ2) is 11.9. The van der Waals surface area contributed by atoms with Crippen LogP contribution in [0.25, 0.3) is 22.3 Å². The molecule has 1 saturated carbocycles. The Morgan fingerprint density at radius 3 is 1.97 bits per heavy atom. The molecule has 3 aromatic carbocycles. The molecule has 0 radical (unpaired) electrons. The second-order valence-corrected chi connectivity index (χ2v) is 9.49. The first-order valence-corrected chi connectivity index (χ1v) is 12.5. The standard InChI is InChI=1S/C30H28F6O/c1-2-3-18-4-6-19(7-5-18)20-8-10-23(25(31)14-20)21-9-11-24(26(32)15-21)22-16-27(33)30(28(34)17-22)37-13-12-29(35)36/h8-19,29H,2-7H2,1H3/b13-12+. The summed E-state index contributed by atoms with van der Waals surface area (Å²) in [5.74, 6) is -3.40. The molecule has 0 atom stereocenters. The van der Waals surface area contributed by atoms with Crippen molar-refractivity contribution in [1.82, 2.24) is 0 Å². The van der Waals surface area contributed by atoms with E-state index >= 15 is 4.39 Å². The van der Waals surface area contributed by atoms with Gasteiger partial charge in [-0.25, -0.2) is 26.3 Å². The van der Waals surface area contributed by atoms with Crippen LogP contribution in [0.5, 0.6) is 5.75 Å². The third-order valence-electron chi connectivity index (χ3n) is 7.01. The van der Waals surface area contributed by atoms with Crippen LogP contribution in [-0.2, 0) is 0 Å². The normalized spacial score (nSPS) is 18.1. The van der Waals surface area contributed by atoms with E-state index in [1.807, 2.05) is 6.07 Å². The van der Waals surface area contributed by atoms with Crippen molar-refractivity contribution in [3.63, 3.8) is 0 Å². The molecule has 37 heavy (non-hydrogen) atoms. The van der Waals surface area contributed by atoms with E-state index in [1.54, 1.807) is 6.07 Å². The lowest BCUT2D eigenvalue weighted by Crippen LogP contribution is -2.13. The lowest BCUT2D eigenvalue weighted by Gasteiger charge is -2.28. The second-order valence-electron chi connectivity index (χ2n) is 9.49. The van der Waals surface area contributed by atoms with Gasteiger partial charge >= 0.3 is 0 Å². The van der Waals surface area contributed by atoms with E-state index < -0.39 is 35.4 Å². The maximum Gasteiger partial charge on any atom is 0.260 e. The number of allylic oxidation sites excluding steroid dienone is 1. The molecular weight excluding hydrogens is 490 g/mol. The monoisotopic (exact) mass is 518 g/mol. The third kappa shape index (κ3) is 6.38. The summed E-state index contributed by atoms with van der Waals surface area (Å²) in [7, 11) is 0. The predicted octanol–water partition coefficient (Wildman–Crippen LogP) is 9.81. The van der Waals surface area contributed by atoms with E-state index in [2.05, 4.69) is 11.7 Å². The Morgan fingerprint density at radius 2 is 1.38 bits per heavy atom. The molecular formula is C30H28F6O. The Hall–Kier alpha value is -3.22. The molecule has 1 aliphatic carbocycles. The van der Waals surface area contributed by atoms with Crippen LogP contribution < -0.4 is 4.74 Å². The Bertz CT molecular complexity index is 1240. The molecule has 0 heterocycles. The van der Waals surface area contributed by atoms with Crippen molar-refractivity contribution in [3.8, 4) is 28.0 Å². The van der Waals surface area contributed by atoms with Crippen molar-refractivity contribution in [3.05, 3.63) is 89.7 Å². The fourth-order valence-electron chi connectivity index (χ4n) is 5.12. The average molecular weight is 519 g/mol. The Labute approximate surface area is 212 Å². The average Bonchev–Trinajstić information content (AvgIpc) is 2.86. The SMILES string of the molecule is CCCC1CCC(c2ccc(-c3ccc(-c4cc(F)c(O/C=C/C(F)F)c(F)c4)c(F)c3)c(F)c2)CC1. The van der Waals surface area contributed by atoms with Gasteiger partial charge in [0.25, 0.3) is 6.43 Å². The summed E-state index contributed by atoms with van der Waals surface area (Å²) in [6.45, 7) is 2.19. The first-order valence-electron chi connectivity index (χ1n) is 12.5. The molecule has 0 aliphatic heterocycles. The van der Waals surface area contributed by atoms with Crippen LogP contribution in [0, 0.1) is 29.2 Å². The van der Waals surface area contributed by atoms with E-state index in [4.69, 9.17) is 0 Å². The van der Waals surface area contributed by atoms with Gasteiger partial charge in [-0.05, 0) is 78.5 Å². The van der Waals surface area contributed by atoms with Crippen LogP contribution >= 0.6 is 0 Å². The van der Waals surface area contributed by atoms with Gasteiger partial charge < -0.3 is 4.74 Å². The van der Waals surface area contributed by atoms with Gasteiger partial charge in [-0.15, -0.1) is 0 Å². The summed E-state index contributed by atoms with van der Waals surface area (Å²) in [6, 6.07) is 10.7. The topological polar surface area (TPSA) is 9.23 Å². The third-order valence-corrected chi connectivity index (χ3v) is 7.01. The smallest absolute Gasteiger partial charge is 0.260 e. The Morgan fingerprint density at radius 1 is 0.784 bits per heavy atom. The quantitative estimate of drug-likeness (QED) is 0.213. The molecule has 0 spiro atoms. The minimum atomic E-state index is -2.84. The first kappa shape index (κ1) is 26.8. The van der Waals surface area contributed by atoms with Gasteiger partial charge in [-0.3, -0.25) is 0 Å². The van der Waals surface area contributed by atoms with E-state index in [9.17, 15) is 22.0 Å². The van der Waals surface area contributed by atoms with Gasteiger partial charge in [-0.1, -0.05) is 44.0 Å². The van der Waals surface area contributed by atoms with Crippen LogP contribution in [0.15, 0.2) is 60.9 Å². The van der Waals surface area contributed by atoms with Gasteiger partial charge in [0.05, 0.1) is 6.26 Å². The molecule has 1 fully saturated rings. The van der Waals surface area contributed by atoms with Crippen molar-refractivity contribution >= 4 is 0 Å². The van der Waals surface area contributed by atoms with Crippen LogP contribution in [0.4, 0.5) is 26.3 Å². The lowest BCUT2D eigenvalue weighted by atomic mass is 9.77. The number of halogens is 6. The van der Waals surface area contributed by atoms with Crippen molar-refractivity contribution in [2.75, 3.05) is 0 Å². The minimum Gasteiger partial charge on any atom is -0.459 e. The maximum absolute atomic E-state index is 15.1. The number of ether oxygens (including phenoxy) is 1. The summed E-state index contributed by atoms with van der Waals surface area (Å²) >= 11 is 0. The van der Waals surface area contributed by atoms with E-state index in [-0.39, 0.29) is 16.7 Å². The van der Waals surface area contributed by atoms with Crippen LogP contribution in [0.3, 0.4) is 0 Å². The zero-order valence-corrected chi connectivity index (χ0v) is 20.4. The minimum absolute atomic E-state index is 0.0999. The highest BCUT2D eigenvalue weighted by Crippen LogP contribution is 2.39. The van der Waals surface area contributed by atoms with Crippen LogP contribution in [0.2, 0.25) is 0 Å². The number of alkyl halides is 2. The largest absolute Gasteiger partial charge is 0.459 e. The summed E-state index contributed by atoms with van der Waals surface area (Å²) in [5, 5.41) is 0. The maximum atomic E-state index is 15.1. The molecule has 7 heteroatoms. The number of benzene rings is 3. The molecule has 0 unspecified atom stereocenters. The van der Waals surface area contributed by atoms with E-state index in [1.165, 1.54) is 31.0 Å². The van der Waals surface area contributed by atoms with E-state index in [0.717, 1.165) is 55.4 Å². The molecule has 1 nitrogen and oxygen atoms in total. The Balaban J connectivity index is 1.53. The van der Waals surface area contributed by atoms with E-state index in [0.29, 0.717) is 23.8 Å². The zero-order chi connectivity index (χ0) is 26.5. The lowest BCUT2D eigenvalue weighted by molar-refractivity contribution is 0.200. The molecule has 1 aliphatic rings. The fraction of sp³-hybridized carbons (Fsp3) is 0.333. The number of hydrogen-bond donors (Lipinski definition) is 0. The molecule has 0 saturated heterocycles. The summed E-state index contributed by atoms with van der Waals surface area (Å²) < 4.78 is 87.7. The summed E-state index contributed by atoms with van der Waals surface area (Å²) in [6.07, 6.45) is 4.75. The number of hydrogen-bond acceptors (Lipinski definition) is 1. The highest BCUT2D eigenvalue weighted by molar-refractivity contribution is 5.72. The molecule has 196 valence electrons. The van der Waals surface area contributed by atoms with Gasteiger partial charge in [0.2, 0.25) is 0 Å². The first-order chi connectivity index (χ1) is 17.8. The highest BCUT2D eigenvalue weighted by Gasteiger charge is 2.23. The molecule has 0 N–H and O–H groups in total. The van der Waals surface area contributed by atoms with Crippen molar-refractivity contribution in [1.29, 1.82) is 0 Å². The van der Waals surface area contributed by atoms with Gasteiger partial charge in [-0.2, -0.15) is 0 Å². The molecule has 0 bridgehead atoms. The molecule has 3 aromatic rings. The summed E-state index contributed by atoms with van der Waals surface area (Å²) in [4.78, 5) is 0. The van der Waals surface area contributed by atoms with Crippen molar-refractivity contribution in [2.45, 2.75) is 57.8 Å². The van der Waals surface area contributed by atoms with Crippen molar-refractivity contribution < 1.29 is 31.1 Å². The van der Waals surface area contributed by atoms with Crippen LogP contribution in [0.1, 0.15) is 56.9 Å². The van der Waals surface area contributed by atoms with Crippen LogP contribution in [-0.4, -0.2) is 6.43 Å². The fourth-order valence-corrected chi connectivity index (χ4v) is 5.12. The predicted molar refractivity (Wildman–Crippen MR) is 133 cm³/mol. The molecule has 4 rings (SSSR count). The molecule has 0 amide bonds. The zero-order valence-electron chi connectivity index (χ0n) is 20.4. The van der Waals surface area contributed by atoms with Gasteiger partial charge in [0.15, 0.2) is 17.4 Å². The summed E-state index contributed by atoms with van der Waals surface area (Å²) in [5.41, 5.74) is 1.27. The Kier molecular flexibility index (Phi) is 8.62. The van der Waals surface area contributed by atoms with Crippen molar-refractivity contribution in [2.24, 2.45) is 5.92 Å².